The molecule has 0 aliphatic carbocycles. The highest BCUT2D eigenvalue weighted by atomic mass is 79.9. The largest absolute Gasteiger partial charge is 0.329 e. The fourth-order valence-corrected chi connectivity index (χ4v) is 3.45. The van der Waals surface area contributed by atoms with Crippen molar-refractivity contribution in [1.29, 1.82) is 5.26 Å². The predicted octanol–water partition coefficient (Wildman–Crippen LogP) is 3.13. The Kier molecular flexibility index (Phi) is 6.14. The highest BCUT2D eigenvalue weighted by molar-refractivity contribution is 9.10. The number of rotatable bonds is 6. The second-order valence-corrected chi connectivity index (χ2v) is 6.02. The Hall–Kier alpha value is -0.410. The van der Waals surface area contributed by atoms with Gasteiger partial charge < -0.3 is 5.73 Å². The molecule has 0 spiro atoms. The Morgan fingerprint density at radius 3 is 2.71 bits per heavy atom. The Morgan fingerprint density at radius 1 is 1.59 bits per heavy atom. The Morgan fingerprint density at radius 2 is 2.29 bits per heavy atom. The number of hydrogen-bond donors (Lipinski definition) is 1. The van der Waals surface area contributed by atoms with Crippen molar-refractivity contribution < 1.29 is 0 Å². The van der Waals surface area contributed by atoms with Gasteiger partial charge in [-0.25, -0.2) is 0 Å². The summed E-state index contributed by atoms with van der Waals surface area (Å²) < 4.78 is 1.10. The third kappa shape index (κ3) is 4.07. The van der Waals surface area contributed by atoms with Crippen molar-refractivity contribution in [2.75, 3.05) is 13.1 Å². The quantitative estimate of drug-likeness (QED) is 0.877. The first-order chi connectivity index (χ1) is 8.10. The molecule has 0 aromatic carbocycles. The molecule has 0 aliphatic rings. The molecule has 1 unspecified atom stereocenters. The van der Waals surface area contributed by atoms with Crippen molar-refractivity contribution in [2.24, 2.45) is 5.73 Å². The summed E-state index contributed by atoms with van der Waals surface area (Å²) in [4.78, 5) is 3.55. The minimum atomic E-state index is 0.208. The van der Waals surface area contributed by atoms with E-state index in [1.807, 2.05) is 0 Å². The molecule has 0 amide bonds. The van der Waals surface area contributed by atoms with Crippen LogP contribution in [0.15, 0.2) is 15.9 Å². The maximum absolute atomic E-state index is 8.71. The molecule has 17 heavy (non-hydrogen) atoms. The van der Waals surface area contributed by atoms with Gasteiger partial charge in [-0.15, -0.1) is 11.3 Å². The average Bonchev–Trinajstić information content (AvgIpc) is 2.70. The van der Waals surface area contributed by atoms with Crippen molar-refractivity contribution in [1.82, 2.24) is 4.90 Å². The minimum Gasteiger partial charge on any atom is -0.329 e. The number of nitrogens with zero attached hydrogens (tertiary/aromatic N) is 2. The van der Waals surface area contributed by atoms with Gasteiger partial charge in [0, 0.05) is 40.3 Å². The number of hydrogen-bond acceptors (Lipinski definition) is 4. The van der Waals surface area contributed by atoms with Gasteiger partial charge in [0.1, 0.15) is 0 Å². The second-order valence-electron chi connectivity index (χ2n) is 4.16. The Labute approximate surface area is 115 Å². The molecule has 1 heterocycles. The van der Waals surface area contributed by atoms with Gasteiger partial charge in [0.25, 0.3) is 0 Å². The van der Waals surface area contributed by atoms with Crippen LogP contribution in [0.5, 0.6) is 0 Å². The average molecular weight is 316 g/mol. The lowest BCUT2D eigenvalue weighted by atomic mass is 10.1. The molecule has 0 fully saturated rings. The van der Waals surface area contributed by atoms with Crippen LogP contribution in [-0.4, -0.2) is 24.0 Å². The molecular formula is C12H18BrN3S. The molecule has 94 valence electrons. The molecule has 5 heteroatoms. The van der Waals surface area contributed by atoms with E-state index in [2.05, 4.69) is 52.2 Å². The normalized spacial score (nSPS) is 13.0. The Bertz CT molecular complexity index is 383. The summed E-state index contributed by atoms with van der Waals surface area (Å²) in [7, 11) is 0. The van der Waals surface area contributed by atoms with Gasteiger partial charge in [-0.3, -0.25) is 4.90 Å². The first kappa shape index (κ1) is 14.7. The molecule has 1 atom stereocenters. The molecule has 3 nitrogen and oxygen atoms in total. The first-order valence-electron chi connectivity index (χ1n) is 5.66. The number of halogens is 1. The van der Waals surface area contributed by atoms with Gasteiger partial charge in [-0.1, -0.05) is 0 Å². The smallest absolute Gasteiger partial charge is 0.0635 e. The van der Waals surface area contributed by atoms with Gasteiger partial charge in [0.05, 0.1) is 12.1 Å². The fraction of sp³-hybridized carbons (Fsp3) is 0.583. The summed E-state index contributed by atoms with van der Waals surface area (Å²) in [6.45, 7) is 5.63. The molecule has 0 saturated heterocycles. The lowest BCUT2D eigenvalue weighted by Gasteiger charge is -2.33. The van der Waals surface area contributed by atoms with Crippen LogP contribution in [0.1, 0.15) is 31.2 Å². The second kappa shape index (κ2) is 7.12. The summed E-state index contributed by atoms with van der Waals surface area (Å²) >= 11 is 5.18. The van der Waals surface area contributed by atoms with Crippen molar-refractivity contribution in [2.45, 2.75) is 32.4 Å². The molecule has 0 saturated carbocycles. The highest BCUT2D eigenvalue weighted by Crippen LogP contribution is 2.30. The fourth-order valence-electron chi connectivity index (χ4n) is 1.87. The molecule has 0 radical (unpaired) electrons. The van der Waals surface area contributed by atoms with Crippen molar-refractivity contribution in [3.63, 3.8) is 0 Å². The zero-order valence-electron chi connectivity index (χ0n) is 10.2. The summed E-state index contributed by atoms with van der Waals surface area (Å²) in [6, 6.07) is 4.91. The summed E-state index contributed by atoms with van der Waals surface area (Å²) in [5.74, 6) is 0. The van der Waals surface area contributed by atoms with Crippen LogP contribution in [-0.2, 0) is 0 Å². The SMILES string of the molecule is CC(C)N(CCC#N)C(CN)c1cc(Br)cs1. The van der Waals surface area contributed by atoms with Gasteiger partial charge in [0.2, 0.25) is 0 Å². The first-order valence-corrected chi connectivity index (χ1v) is 7.34. The van der Waals surface area contributed by atoms with Crippen LogP contribution < -0.4 is 5.73 Å². The predicted molar refractivity (Wildman–Crippen MR) is 75.9 cm³/mol. The Balaban J connectivity index is 2.85. The lowest BCUT2D eigenvalue weighted by Crippen LogP contribution is -2.38. The molecule has 1 aromatic rings. The molecule has 2 N–H and O–H groups in total. The van der Waals surface area contributed by atoms with Crippen molar-refractivity contribution in [3.05, 3.63) is 20.8 Å². The zero-order chi connectivity index (χ0) is 12.8. The van der Waals surface area contributed by atoms with Crippen LogP contribution in [0.25, 0.3) is 0 Å². The highest BCUT2D eigenvalue weighted by Gasteiger charge is 2.22. The molecular weight excluding hydrogens is 298 g/mol. The van der Waals surface area contributed by atoms with Crippen molar-refractivity contribution in [3.8, 4) is 6.07 Å². The summed E-state index contributed by atoms with van der Waals surface area (Å²) in [5.41, 5.74) is 5.89. The monoisotopic (exact) mass is 315 g/mol. The van der Waals surface area contributed by atoms with E-state index in [1.54, 1.807) is 11.3 Å². The van der Waals surface area contributed by atoms with E-state index in [9.17, 15) is 0 Å². The number of nitrogens with two attached hydrogens (primary N) is 1. The standard InChI is InChI=1S/C12H18BrN3S/c1-9(2)16(5-3-4-14)11(7-15)12-6-10(13)8-17-12/h6,8-9,11H,3,5,7,15H2,1-2H3. The van der Waals surface area contributed by atoms with E-state index in [1.165, 1.54) is 4.88 Å². The van der Waals surface area contributed by atoms with E-state index in [-0.39, 0.29) is 6.04 Å². The number of thiophene rings is 1. The van der Waals surface area contributed by atoms with E-state index < -0.39 is 0 Å². The van der Waals surface area contributed by atoms with E-state index in [0.29, 0.717) is 19.0 Å². The maximum Gasteiger partial charge on any atom is 0.0635 e. The van der Waals surface area contributed by atoms with E-state index in [4.69, 9.17) is 11.0 Å². The van der Waals surface area contributed by atoms with E-state index in [0.717, 1.165) is 11.0 Å². The molecule has 0 aliphatic heterocycles. The van der Waals surface area contributed by atoms with Crippen LogP contribution in [0.3, 0.4) is 0 Å². The lowest BCUT2D eigenvalue weighted by molar-refractivity contribution is 0.163. The van der Waals surface area contributed by atoms with Crippen LogP contribution in [0.4, 0.5) is 0 Å². The summed E-state index contributed by atoms with van der Waals surface area (Å²) in [6.07, 6.45) is 0.543. The number of nitriles is 1. The van der Waals surface area contributed by atoms with Gasteiger partial charge in [-0.2, -0.15) is 5.26 Å². The van der Waals surface area contributed by atoms with Gasteiger partial charge in [-0.05, 0) is 35.8 Å². The van der Waals surface area contributed by atoms with Gasteiger partial charge in [0.15, 0.2) is 0 Å². The minimum absolute atomic E-state index is 0.208. The molecule has 1 aromatic heterocycles. The van der Waals surface area contributed by atoms with E-state index >= 15 is 0 Å². The zero-order valence-corrected chi connectivity index (χ0v) is 12.6. The van der Waals surface area contributed by atoms with Crippen molar-refractivity contribution >= 4 is 27.3 Å². The molecule has 1 rings (SSSR count). The summed E-state index contributed by atoms with van der Waals surface area (Å²) in [5, 5.41) is 10.8. The molecule has 0 bridgehead atoms. The third-order valence-corrected chi connectivity index (χ3v) is 4.48. The van der Waals surface area contributed by atoms with Gasteiger partial charge >= 0.3 is 0 Å². The third-order valence-electron chi connectivity index (χ3n) is 2.68. The van der Waals surface area contributed by atoms with Crippen LogP contribution >= 0.6 is 27.3 Å². The van der Waals surface area contributed by atoms with Crippen LogP contribution in [0.2, 0.25) is 0 Å². The van der Waals surface area contributed by atoms with Crippen LogP contribution in [0, 0.1) is 11.3 Å². The topological polar surface area (TPSA) is 53.0 Å². The maximum atomic E-state index is 8.71.